The normalized spacial score (nSPS) is 10.9. The number of nitrogens with two attached hydrogens (primary N) is 1. The zero-order valence-electron chi connectivity index (χ0n) is 14.4. The zero-order chi connectivity index (χ0) is 20.0. The van der Waals surface area contributed by atoms with Crippen LogP contribution < -0.4 is 20.5 Å². The highest BCUT2D eigenvalue weighted by Crippen LogP contribution is 2.27. The Kier molecular flexibility index (Phi) is 6.78. The summed E-state index contributed by atoms with van der Waals surface area (Å²) in [4.78, 5) is 23.9. The number of anilines is 1. The fourth-order valence-electron chi connectivity index (χ4n) is 2.20. The van der Waals surface area contributed by atoms with Crippen LogP contribution >= 0.6 is 11.6 Å². The van der Waals surface area contributed by atoms with Crippen molar-refractivity contribution in [2.75, 3.05) is 19.0 Å². The first-order valence-electron chi connectivity index (χ1n) is 7.75. The van der Waals surface area contributed by atoms with Crippen LogP contribution in [0.4, 0.5) is 5.69 Å². The number of rotatable bonds is 6. The molecular formula is C17H18ClN3O5S. The molecule has 0 radical (unpaired) electrons. The number of hydrogen-bond acceptors (Lipinski definition) is 5. The Balaban J connectivity index is 1.88. The maximum atomic E-state index is 12.0. The van der Waals surface area contributed by atoms with Gasteiger partial charge in [-0.1, -0.05) is 23.7 Å². The largest absolute Gasteiger partial charge is 0.495 e. The van der Waals surface area contributed by atoms with Crippen molar-refractivity contribution in [2.24, 2.45) is 5.14 Å². The molecule has 0 spiro atoms. The summed E-state index contributed by atoms with van der Waals surface area (Å²) >= 11 is 5.87. The summed E-state index contributed by atoms with van der Waals surface area (Å²) in [5.41, 5.74) is 1.06. The molecule has 0 aliphatic rings. The molecule has 0 saturated carbocycles. The number of benzene rings is 2. The highest BCUT2D eigenvalue weighted by atomic mass is 35.5. The minimum Gasteiger partial charge on any atom is -0.495 e. The van der Waals surface area contributed by atoms with E-state index >= 15 is 0 Å². The third-order valence-electron chi connectivity index (χ3n) is 3.57. The first-order valence-corrected chi connectivity index (χ1v) is 9.67. The second-order valence-corrected chi connectivity index (χ2v) is 7.49. The second-order valence-electron chi connectivity index (χ2n) is 5.49. The molecule has 2 rings (SSSR count). The number of amides is 2. The molecular weight excluding hydrogens is 394 g/mol. The Labute approximate surface area is 161 Å². The van der Waals surface area contributed by atoms with Crippen LogP contribution in [0.5, 0.6) is 5.75 Å². The van der Waals surface area contributed by atoms with E-state index in [1.807, 2.05) is 0 Å². The average Bonchev–Trinajstić information content (AvgIpc) is 2.61. The van der Waals surface area contributed by atoms with Gasteiger partial charge in [-0.3, -0.25) is 9.59 Å². The topological polar surface area (TPSA) is 128 Å². The lowest BCUT2D eigenvalue weighted by Gasteiger charge is -2.10. The van der Waals surface area contributed by atoms with E-state index in [-0.39, 0.29) is 17.1 Å². The van der Waals surface area contributed by atoms with Gasteiger partial charge in [0.1, 0.15) is 5.75 Å². The van der Waals surface area contributed by atoms with E-state index < -0.39 is 21.8 Å². The van der Waals surface area contributed by atoms with Crippen molar-refractivity contribution in [2.45, 2.75) is 11.3 Å². The predicted octanol–water partition coefficient (Wildman–Crippen LogP) is 1.29. The molecule has 0 fully saturated rings. The van der Waals surface area contributed by atoms with Crippen molar-refractivity contribution in [1.29, 1.82) is 0 Å². The highest BCUT2D eigenvalue weighted by molar-refractivity contribution is 7.89. The molecule has 0 aromatic heterocycles. The molecule has 27 heavy (non-hydrogen) atoms. The van der Waals surface area contributed by atoms with Gasteiger partial charge in [-0.2, -0.15) is 0 Å². The fourth-order valence-corrected chi connectivity index (χ4v) is 2.89. The van der Waals surface area contributed by atoms with E-state index in [0.29, 0.717) is 17.2 Å². The van der Waals surface area contributed by atoms with Gasteiger partial charge in [-0.25, -0.2) is 13.6 Å². The molecule has 10 heteroatoms. The van der Waals surface area contributed by atoms with E-state index in [9.17, 15) is 18.0 Å². The van der Waals surface area contributed by atoms with Gasteiger partial charge in [0, 0.05) is 11.6 Å². The van der Waals surface area contributed by atoms with Crippen LogP contribution in [0.25, 0.3) is 0 Å². The van der Waals surface area contributed by atoms with Crippen LogP contribution in [0, 0.1) is 0 Å². The molecule has 0 unspecified atom stereocenters. The Morgan fingerprint density at radius 1 is 1.11 bits per heavy atom. The van der Waals surface area contributed by atoms with Gasteiger partial charge in [0.15, 0.2) is 0 Å². The molecule has 0 aliphatic carbocycles. The van der Waals surface area contributed by atoms with Crippen LogP contribution in [0.15, 0.2) is 47.4 Å². The summed E-state index contributed by atoms with van der Waals surface area (Å²) in [6, 6.07) is 10.6. The second kappa shape index (κ2) is 8.85. The van der Waals surface area contributed by atoms with Crippen LogP contribution in [0.2, 0.25) is 5.02 Å². The van der Waals surface area contributed by atoms with Gasteiger partial charge in [0.25, 0.3) is 0 Å². The van der Waals surface area contributed by atoms with Gasteiger partial charge >= 0.3 is 11.8 Å². The lowest BCUT2D eigenvalue weighted by atomic mass is 10.1. The minimum atomic E-state index is -3.75. The molecule has 0 heterocycles. The summed E-state index contributed by atoms with van der Waals surface area (Å²) in [5, 5.41) is 10.3. The van der Waals surface area contributed by atoms with Crippen LogP contribution in [0.1, 0.15) is 5.56 Å². The molecule has 2 aromatic carbocycles. The Bertz CT molecular complexity index is 946. The number of primary sulfonamides is 1. The van der Waals surface area contributed by atoms with Gasteiger partial charge < -0.3 is 15.4 Å². The Morgan fingerprint density at radius 2 is 1.78 bits per heavy atom. The van der Waals surface area contributed by atoms with Crippen LogP contribution in [-0.4, -0.2) is 33.9 Å². The molecule has 4 N–H and O–H groups in total. The number of carbonyl (C=O) groups is 2. The van der Waals surface area contributed by atoms with E-state index in [1.54, 1.807) is 24.3 Å². The summed E-state index contributed by atoms with van der Waals surface area (Å²) in [7, 11) is -2.32. The molecule has 0 atom stereocenters. The number of carbonyl (C=O) groups excluding carboxylic acids is 2. The fraction of sp³-hybridized carbons (Fsp3) is 0.176. The van der Waals surface area contributed by atoms with Crippen molar-refractivity contribution >= 4 is 39.1 Å². The monoisotopic (exact) mass is 411 g/mol. The van der Waals surface area contributed by atoms with E-state index in [0.717, 1.165) is 5.56 Å². The molecule has 2 amide bonds. The maximum Gasteiger partial charge on any atom is 0.313 e. The number of hydrogen-bond donors (Lipinski definition) is 3. The smallest absolute Gasteiger partial charge is 0.313 e. The van der Waals surface area contributed by atoms with Crippen molar-refractivity contribution in [3.8, 4) is 5.75 Å². The van der Waals surface area contributed by atoms with Crippen molar-refractivity contribution in [3.05, 3.63) is 53.1 Å². The first kappa shape index (κ1) is 20.7. The molecule has 0 aliphatic heterocycles. The van der Waals surface area contributed by atoms with Crippen molar-refractivity contribution in [1.82, 2.24) is 5.32 Å². The van der Waals surface area contributed by atoms with Crippen molar-refractivity contribution < 1.29 is 22.7 Å². The first-order chi connectivity index (χ1) is 12.7. The Hall–Kier alpha value is -2.62. The standard InChI is InChI=1S/C17H18ClN3O5S/c1-26-15-7-4-12(18)10-14(15)21-17(23)16(22)20-9-8-11-2-5-13(6-3-11)27(19,24)25/h2-7,10H,8-9H2,1H3,(H,20,22)(H,21,23)(H2,19,24,25). The van der Waals surface area contributed by atoms with Crippen LogP contribution in [-0.2, 0) is 26.0 Å². The maximum absolute atomic E-state index is 12.0. The Morgan fingerprint density at radius 3 is 2.37 bits per heavy atom. The average molecular weight is 412 g/mol. The molecule has 0 saturated heterocycles. The molecule has 8 nitrogen and oxygen atoms in total. The lowest BCUT2D eigenvalue weighted by Crippen LogP contribution is -2.36. The van der Waals surface area contributed by atoms with Crippen LogP contribution in [0.3, 0.4) is 0 Å². The summed E-state index contributed by atoms with van der Waals surface area (Å²) in [5.74, 6) is -1.31. The number of methoxy groups -OCH3 is 1. The van der Waals surface area contributed by atoms with Crippen molar-refractivity contribution in [3.63, 3.8) is 0 Å². The van der Waals surface area contributed by atoms with Gasteiger partial charge in [0.2, 0.25) is 10.0 Å². The lowest BCUT2D eigenvalue weighted by molar-refractivity contribution is -0.136. The summed E-state index contributed by atoms with van der Waals surface area (Å²) in [6.07, 6.45) is 0.407. The zero-order valence-corrected chi connectivity index (χ0v) is 15.9. The van der Waals surface area contributed by atoms with E-state index in [4.69, 9.17) is 21.5 Å². The highest BCUT2D eigenvalue weighted by Gasteiger charge is 2.16. The predicted molar refractivity (Wildman–Crippen MR) is 101 cm³/mol. The van der Waals surface area contributed by atoms with Gasteiger partial charge in [-0.15, -0.1) is 0 Å². The summed E-state index contributed by atoms with van der Waals surface area (Å²) < 4.78 is 27.5. The third-order valence-corrected chi connectivity index (χ3v) is 4.73. The van der Waals surface area contributed by atoms with Gasteiger partial charge in [0.05, 0.1) is 17.7 Å². The number of nitrogens with one attached hydrogen (secondary N) is 2. The number of ether oxygens (including phenoxy) is 1. The molecule has 2 aromatic rings. The van der Waals surface area contributed by atoms with Gasteiger partial charge in [-0.05, 0) is 42.3 Å². The molecule has 144 valence electrons. The van der Waals surface area contributed by atoms with E-state index in [1.165, 1.54) is 25.3 Å². The number of halogens is 1. The minimum absolute atomic E-state index is 0.00475. The SMILES string of the molecule is COc1ccc(Cl)cc1NC(=O)C(=O)NCCc1ccc(S(N)(=O)=O)cc1. The van der Waals surface area contributed by atoms with E-state index in [2.05, 4.69) is 10.6 Å². The number of sulfonamides is 1. The quantitative estimate of drug-likeness (QED) is 0.617. The molecule has 0 bridgehead atoms. The third kappa shape index (κ3) is 5.95. The summed E-state index contributed by atoms with van der Waals surface area (Å²) in [6.45, 7) is 0.188.